The first kappa shape index (κ1) is 26.0. The molecule has 2 N–H and O–H groups in total. The van der Waals surface area contributed by atoms with E-state index in [0.717, 1.165) is 38.0 Å². The Labute approximate surface area is 207 Å². The first-order chi connectivity index (χ1) is 16.7. The van der Waals surface area contributed by atoms with Crippen LogP contribution in [0.3, 0.4) is 0 Å². The van der Waals surface area contributed by atoms with E-state index in [9.17, 15) is 36.6 Å². The molecule has 0 spiro atoms. The van der Waals surface area contributed by atoms with Crippen LogP contribution in [-0.2, 0) is 9.59 Å². The summed E-state index contributed by atoms with van der Waals surface area (Å²) in [6, 6.07) is 7.53. The third-order valence-electron chi connectivity index (χ3n) is 6.35. The summed E-state index contributed by atoms with van der Waals surface area (Å²) in [5, 5.41) is 11.7. The molecule has 12 heteroatoms. The number of aliphatic carboxylic acids is 1. The van der Waals surface area contributed by atoms with Gasteiger partial charge in [-0.1, -0.05) is 30.7 Å². The van der Waals surface area contributed by atoms with E-state index in [1.807, 2.05) is 0 Å². The summed E-state index contributed by atoms with van der Waals surface area (Å²) in [5.74, 6) is -7.18. The molecule has 1 heterocycles. The predicted molar refractivity (Wildman–Crippen MR) is 118 cm³/mol. The van der Waals surface area contributed by atoms with Gasteiger partial charge in [-0.15, -0.1) is 8.78 Å². The number of carboxylic acids is 1. The quantitative estimate of drug-likeness (QED) is 0.376. The van der Waals surface area contributed by atoms with Crippen LogP contribution in [0.2, 0.25) is 5.02 Å². The fourth-order valence-corrected chi connectivity index (χ4v) is 4.50. The van der Waals surface area contributed by atoms with Crippen molar-refractivity contribution in [2.24, 2.45) is 11.8 Å². The fraction of sp³-hybridized carbons (Fsp3) is 0.417. The van der Waals surface area contributed by atoms with Crippen LogP contribution < -0.4 is 14.8 Å². The van der Waals surface area contributed by atoms with Crippen LogP contribution in [0.15, 0.2) is 36.4 Å². The van der Waals surface area contributed by atoms with E-state index in [1.165, 1.54) is 12.1 Å². The summed E-state index contributed by atoms with van der Waals surface area (Å²) in [7, 11) is 0. The summed E-state index contributed by atoms with van der Waals surface area (Å²) >= 11 is 6.20. The molecule has 0 radical (unpaired) electrons. The number of benzene rings is 2. The van der Waals surface area contributed by atoms with Gasteiger partial charge in [0.15, 0.2) is 11.5 Å². The van der Waals surface area contributed by atoms with E-state index in [0.29, 0.717) is 5.56 Å². The lowest BCUT2D eigenvalue weighted by molar-refractivity contribution is -0.286. The number of hydrogen-bond donors (Lipinski definition) is 2. The molecule has 0 aromatic heterocycles. The van der Waals surface area contributed by atoms with Gasteiger partial charge in [0, 0.05) is 0 Å². The van der Waals surface area contributed by atoms with E-state index in [2.05, 4.69) is 14.8 Å². The van der Waals surface area contributed by atoms with Crippen molar-refractivity contribution in [3.8, 4) is 11.5 Å². The standard InChI is InChI=1S/C24H21ClF5NO5/c1-11(23(26,27)28)21(14-5-7-18-19(9-14)36-24(29,30)35-18)22(34)31-17-8-13(4-6-16(17)25)15(10-20(32)33)12-2-3-12/h4-9,11-12,15,21H,2-3,10H2,1H3,(H,31,34)(H,32,33)/t11-,15+,21+/m1/s1. The van der Waals surface area contributed by atoms with Crippen molar-refractivity contribution in [3.05, 3.63) is 52.5 Å². The molecule has 0 saturated heterocycles. The van der Waals surface area contributed by atoms with Crippen LogP contribution >= 0.6 is 11.6 Å². The number of halogens is 6. The van der Waals surface area contributed by atoms with Crippen molar-refractivity contribution in [3.63, 3.8) is 0 Å². The Morgan fingerprint density at radius 2 is 1.75 bits per heavy atom. The van der Waals surface area contributed by atoms with Gasteiger partial charge < -0.3 is 19.9 Å². The molecule has 6 nitrogen and oxygen atoms in total. The maximum absolute atomic E-state index is 13.7. The number of amides is 1. The van der Waals surface area contributed by atoms with Crippen LogP contribution in [0.5, 0.6) is 11.5 Å². The summed E-state index contributed by atoms with van der Waals surface area (Å²) in [6.07, 6.45) is -7.23. The van der Waals surface area contributed by atoms with Crippen molar-refractivity contribution in [2.45, 2.75) is 50.5 Å². The number of carbonyl (C=O) groups excluding carboxylic acids is 1. The smallest absolute Gasteiger partial charge is 0.481 e. The number of fused-ring (bicyclic) bond motifs is 1. The summed E-state index contributed by atoms with van der Waals surface area (Å²) in [5.41, 5.74) is 0.388. The van der Waals surface area contributed by atoms with Crippen molar-refractivity contribution in [1.82, 2.24) is 0 Å². The van der Waals surface area contributed by atoms with Gasteiger partial charge in [0.2, 0.25) is 5.91 Å². The second-order valence-corrected chi connectivity index (χ2v) is 9.36. The van der Waals surface area contributed by atoms with Gasteiger partial charge in [0.1, 0.15) is 0 Å². The molecule has 2 aliphatic rings. The Hall–Kier alpha value is -3.08. The molecule has 1 aliphatic carbocycles. The molecule has 4 rings (SSSR count). The number of carbonyl (C=O) groups is 2. The van der Waals surface area contributed by atoms with E-state index in [-0.39, 0.29) is 40.3 Å². The normalized spacial score (nSPS) is 18.9. The highest BCUT2D eigenvalue weighted by atomic mass is 35.5. The van der Waals surface area contributed by atoms with Gasteiger partial charge in [-0.3, -0.25) is 9.59 Å². The third-order valence-corrected chi connectivity index (χ3v) is 6.67. The molecule has 0 bridgehead atoms. The topological polar surface area (TPSA) is 84.9 Å². The zero-order chi connectivity index (χ0) is 26.4. The molecule has 3 atom stereocenters. The summed E-state index contributed by atoms with van der Waals surface area (Å²) in [6.45, 7) is 0.803. The summed E-state index contributed by atoms with van der Waals surface area (Å²) < 4.78 is 76.5. The minimum Gasteiger partial charge on any atom is -0.481 e. The molecule has 2 aromatic rings. The predicted octanol–water partition coefficient (Wildman–Crippen LogP) is 6.55. The molecule has 0 unspecified atom stereocenters. The highest BCUT2D eigenvalue weighted by molar-refractivity contribution is 6.33. The summed E-state index contributed by atoms with van der Waals surface area (Å²) in [4.78, 5) is 24.5. The van der Waals surface area contributed by atoms with E-state index in [4.69, 9.17) is 11.6 Å². The van der Waals surface area contributed by atoms with Crippen LogP contribution in [0.4, 0.5) is 27.6 Å². The Morgan fingerprint density at radius 3 is 2.36 bits per heavy atom. The number of nitrogens with one attached hydrogen (secondary N) is 1. The Morgan fingerprint density at radius 1 is 1.11 bits per heavy atom. The fourth-order valence-electron chi connectivity index (χ4n) is 4.34. The number of rotatable bonds is 8. The maximum Gasteiger partial charge on any atom is 0.586 e. The average Bonchev–Trinajstić information content (AvgIpc) is 3.55. The molecule has 1 saturated carbocycles. The van der Waals surface area contributed by atoms with Crippen LogP contribution in [0.1, 0.15) is 49.1 Å². The van der Waals surface area contributed by atoms with Crippen molar-refractivity contribution >= 4 is 29.2 Å². The van der Waals surface area contributed by atoms with E-state index >= 15 is 0 Å². The lowest BCUT2D eigenvalue weighted by atomic mass is 9.85. The zero-order valence-electron chi connectivity index (χ0n) is 18.7. The monoisotopic (exact) mass is 533 g/mol. The highest BCUT2D eigenvalue weighted by Crippen LogP contribution is 2.47. The molecular formula is C24H21ClF5NO5. The Balaban J connectivity index is 1.65. The SMILES string of the molecule is C[C@H]([C@H](C(=O)Nc1cc([C@@H](CC(=O)O)C2CC2)ccc1Cl)c1ccc2c(c1)OC(F)(F)O2)C(F)(F)F. The molecule has 36 heavy (non-hydrogen) atoms. The van der Waals surface area contributed by atoms with Crippen molar-refractivity contribution < 1.29 is 46.1 Å². The molecule has 1 fully saturated rings. The molecular weight excluding hydrogens is 513 g/mol. The number of anilines is 1. The highest BCUT2D eigenvalue weighted by Gasteiger charge is 2.47. The number of hydrogen-bond acceptors (Lipinski definition) is 4. The van der Waals surface area contributed by atoms with Gasteiger partial charge in [0.25, 0.3) is 0 Å². The average molecular weight is 534 g/mol. The first-order valence-corrected chi connectivity index (χ1v) is 11.4. The molecule has 194 valence electrons. The largest absolute Gasteiger partial charge is 0.586 e. The zero-order valence-corrected chi connectivity index (χ0v) is 19.5. The number of ether oxygens (including phenoxy) is 2. The van der Waals surface area contributed by atoms with Crippen LogP contribution in [0, 0.1) is 11.8 Å². The first-order valence-electron chi connectivity index (χ1n) is 11.0. The second kappa shape index (κ2) is 9.42. The Kier molecular flexibility index (Phi) is 6.80. The van der Waals surface area contributed by atoms with Crippen molar-refractivity contribution in [1.29, 1.82) is 0 Å². The third kappa shape index (κ3) is 5.66. The van der Waals surface area contributed by atoms with Gasteiger partial charge in [0.05, 0.1) is 29.0 Å². The van der Waals surface area contributed by atoms with Gasteiger partial charge >= 0.3 is 18.4 Å². The number of carboxylic acid groups (broad SMARTS) is 1. The maximum atomic E-state index is 13.7. The van der Waals surface area contributed by atoms with Gasteiger partial charge in [-0.05, 0) is 60.1 Å². The minimum atomic E-state index is -4.80. The van der Waals surface area contributed by atoms with Crippen molar-refractivity contribution in [2.75, 3.05) is 5.32 Å². The second-order valence-electron chi connectivity index (χ2n) is 8.95. The minimum absolute atomic E-state index is 0.0156. The van der Waals surface area contributed by atoms with Crippen LogP contribution in [0.25, 0.3) is 0 Å². The van der Waals surface area contributed by atoms with E-state index in [1.54, 1.807) is 6.07 Å². The lowest BCUT2D eigenvalue weighted by Gasteiger charge is -2.26. The van der Waals surface area contributed by atoms with Gasteiger partial charge in [-0.25, -0.2) is 0 Å². The molecule has 1 aliphatic heterocycles. The number of alkyl halides is 5. The van der Waals surface area contributed by atoms with Gasteiger partial charge in [-0.2, -0.15) is 13.2 Å². The van der Waals surface area contributed by atoms with E-state index < -0.39 is 41.9 Å². The van der Waals surface area contributed by atoms with Crippen LogP contribution in [-0.4, -0.2) is 29.5 Å². The lowest BCUT2D eigenvalue weighted by Crippen LogP contribution is -2.34. The Bertz CT molecular complexity index is 1180. The molecule has 2 aromatic carbocycles. The molecule has 1 amide bonds.